The van der Waals surface area contributed by atoms with E-state index in [2.05, 4.69) is 16.7 Å². The van der Waals surface area contributed by atoms with Crippen LogP contribution in [0.2, 0.25) is 0 Å². The van der Waals surface area contributed by atoms with Gasteiger partial charge in [-0.2, -0.15) is 0 Å². The highest BCUT2D eigenvalue weighted by molar-refractivity contribution is 8.01. The second-order valence-electron chi connectivity index (χ2n) is 7.18. The summed E-state index contributed by atoms with van der Waals surface area (Å²) < 4.78 is 25.2. The van der Waals surface area contributed by atoms with Crippen LogP contribution in [0.5, 0.6) is 0 Å². The van der Waals surface area contributed by atoms with E-state index in [4.69, 9.17) is 0 Å². The van der Waals surface area contributed by atoms with Crippen molar-refractivity contribution in [2.24, 2.45) is 0 Å². The molecule has 2 amide bonds. The Labute approximate surface area is 170 Å². The van der Waals surface area contributed by atoms with Gasteiger partial charge in [-0.25, -0.2) is 8.42 Å². The fraction of sp³-hybridized carbons (Fsp3) is 0.500. The second-order valence-corrected chi connectivity index (χ2v) is 10.7. The summed E-state index contributed by atoms with van der Waals surface area (Å²) in [6.45, 7) is 2.35. The van der Waals surface area contributed by atoms with Crippen molar-refractivity contribution in [2.75, 3.05) is 17.6 Å². The minimum atomic E-state index is -3.60. The molecule has 1 atom stereocenters. The van der Waals surface area contributed by atoms with Gasteiger partial charge in [0.15, 0.2) is 9.84 Å². The molecule has 0 saturated heterocycles. The fourth-order valence-corrected chi connectivity index (χ4v) is 5.50. The van der Waals surface area contributed by atoms with Crippen molar-refractivity contribution in [1.29, 1.82) is 0 Å². The lowest BCUT2D eigenvalue weighted by Crippen LogP contribution is -2.27. The van der Waals surface area contributed by atoms with Crippen LogP contribution in [0.3, 0.4) is 0 Å². The highest BCUT2D eigenvalue weighted by Gasteiger charge is 2.25. The molecule has 1 aromatic carbocycles. The van der Waals surface area contributed by atoms with Crippen LogP contribution < -0.4 is 10.6 Å². The standard InChI is InChI=1S/C20H26N2O4S2/c1-14-20(24)22-17-13-16(7-8-18(17)27-14)28(25,26)12-10-19(23)21-11-9-15-5-3-2-4-6-15/h5,7-8,13-14H,2-4,6,9-12H2,1H3,(H,21,23)(H,22,24)/t14-/m1/s1. The maximum absolute atomic E-state index is 12.6. The van der Waals surface area contributed by atoms with Gasteiger partial charge in [-0.1, -0.05) is 11.6 Å². The third-order valence-electron chi connectivity index (χ3n) is 4.99. The molecule has 0 aromatic heterocycles. The molecule has 0 fully saturated rings. The van der Waals surface area contributed by atoms with E-state index < -0.39 is 9.84 Å². The third-order valence-corrected chi connectivity index (χ3v) is 7.88. The second kappa shape index (κ2) is 9.13. The summed E-state index contributed by atoms with van der Waals surface area (Å²) in [5.74, 6) is -0.646. The summed E-state index contributed by atoms with van der Waals surface area (Å²) in [5, 5.41) is 5.34. The molecule has 152 valence electrons. The molecule has 8 heteroatoms. The normalized spacial score (nSPS) is 19.4. The summed E-state index contributed by atoms with van der Waals surface area (Å²) in [5.41, 5.74) is 1.89. The smallest absolute Gasteiger partial charge is 0.237 e. The van der Waals surface area contributed by atoms with Crippen molar-refractivity contribution >= 4 is 39.1 Å². The number of anilines is 1. The van der Waals surface area contributed by atoms with E-state index in [1.807, 2.05) is 0 Å². The molecule has 2 aliphatic rings. The molecule has 0 saturated carbocycles. The van der Waals surface area contributed by atoms with Gasteiger partial charge >= 0.3 is 0 Å². The predicted molar refractivity (Wildman–Crippen MR) is 111 cm³/mol. The minimum Gasteiger partial charge on any atom is -0.356 e. The number of carbonyl (C=O) groups is 2. The molecule has 1 aliphatic carbocycles. The average molecular weight is 423 g/mol. The Morgan fingerprint density at radius 2 is 2.14 bits per heavy atom. The Bertz CT molecular complexity index is 893. The lowest BCUT2D eigenvalue weighted by atomic mass is 9.97. The van der Waals surface area contributed by atoms with Gasteiger partial charge in [0.1, 0.15) is 0 Å². The van der Waals surface area contributed by atoms with Crippen LogP contribution >= 0.6 is 11.8 Å². The molecular weight excluding hydrogens is 396 g/mol. The first kappa shape index (κ1) is 20.9. The monoisotopic (exact) mass is 422 g/mol. The molecule has 28 heavy (non-hydrogen) atoms. The lowest BCUT2D eigenvalue weighted by Gasteiger charge is -2.21. The van der Waals surface area contributed by atoms with E-state index in [1.54, 1.807) is 19.1 Å². The Morgan fingerprint density at radius 1 is 1.32 bits per heavy atom. The SMILES string of the molecule is C[C@H]1Sc2ccc(S(=O)(=O)CCC(=O)NCCC3=CCCCC3)cc2NC1=O. The largest absolute Gasteiger partial charge is 0.356 e. The molecule has 0 unspecified atom stereocenters. The zero-order valence-corrected chi connectivity index (χ0v) is 17.6. The van der Waals surface area contributed by atoms with Crippen LogP contribution in [-0.2, 0) is 19.4 Å². The van der Waals surface area contributed by atoms with E-state index in [1.165, 1.54) is 36.2 Å². The molecule has 1 heterocycles. The van der Waals surface area contributed by atoms with E-state index in [9.17, 15) is 18.0 Å². The van der Waals surface area contributed by atoms with Gasteiger partial charge in [-0.3, -0.25) is 9.59 Å². The van der Waals surface area contributed by atoms with Gasteiger partial charge < -0.3 is 10.6 Å². The molecule has 2 N–H and O–H groups in total. The lowest BCUT2D eigenvalue weighted by molar-refractivity contribution is -0.120. The van der Waals surface area contributed by atoms with Crippen LogP contribution in [0.15, 0.2) is 39.6 Å². The van der Waals surface area contributed by atoms with Crippen molar-refractivity contribution in [3.63, 3.8) is 0 Å². The van der Waals surface area contributed by atoms with Crippen molar-refractivity contribution in [3.8, 4) is 0 Å². The van der Waals surface area contributed by atoms with Crippen molar-refractivity contribution in [1.82, 2.24) is 5.32 Å². The van der Waals surface area contributed by atoms with Crippen LogP contribution in [0.4, 0.5) is 5.69 Å². The van der Waals surface area contributed by atoms with Gasteiger partial charge in [0.2, 0.25) is 11.8 Å². The topological polar surface area (TPSA) is 92.3 Å². The summed E-state index contributed by atoms with van der Waals surface area (Å²) in [6, 6.07) is 4.73. The molecule has 1 aromatic rings. The first-order valence-electron chi connectivity index (χ1n) is 9.64. The van der Waals surface area contributed by atoms with Gasteiger partial charge in [-0.15, -0.1) is 11.8 Å². The number of thioether (sulfide) groups is 1. The number of allylic oxidation sites excluding steroid dienone is 1. The zero-order valence-electron chi connectivity index (χ0n) is 16.0. The minimum absolute atomic E-state index is 0.0728. The van der Waals surface area contributed by atoms with E-state index in [0.29, 0.717) is 12.2 Å². The maximum atomic E-state index is 12.6. The number of hydrogen-bond acceptors (Lipinski definition) is 5. The predicted octanol–water partition coefficient (Wildman–Crippen LogP) is 3.29. The van der Waals surface area contributed by atoms with Crippen LogP contribution in [-0.4, -0.2) is 37.8 Å². The maximum Gasteiger partial charge on any atom is 0.237 e. The number of rotatable bonds is 7. The third kappa shape index (κ3) is 5.38. The first-order valence-corrected chi connectivity index (χ1v) is 12.2. The number of benzene rings is 1. The molecule has 0 spiro atoms. The number of hydrogen-bond donors (Lipinski definition) is 2. The zero-order chi connectivity index (χ0) is 20.1. The van der Waals surface area contributed by atoms with Crippen molar-refractivity contribution in [3.05, 3.63) is 29.8 Å². The van der Waals surface area contributed by atoms with E-state index in [0.717, 1.165) is 24.2 Å². The van der Waals surface area contributed by atoms with Gasteiger partial charge in [-0.05, 0) is 57.2 Å². The highest BCUT2D eigenvalue weighted by Crippen LogP contribution is 2.36. The highest BCUT2D eigenvalue weighted by atomic mass is 32.2. The Morgan fingerprint density at radius 3 is 2.89 bits per heavy atom. The number of nitrogens with one attached hydrogen (secondary N) is 2. The van der Waals surface area contributed by atoms with Crippen LogP contribution in [0, 0.1) is 0 Å². The van der Waals surface area contributed by atoms with Crippen LogP contribution in [0.1, 0.15) is 45.4 Å². The van der Waals surface area contributed by atoms with Crippen molar-refractivity contribution < 1.29 is 18.0 Å². The van der Waals surface area contributed by atoms with Gasteiger partial charge in [0.05, 0.1) is 21.6 Å². The van der Waals surface area contributed by atoms with Crippen molar-refractivity contribution in [2.45, 2.75) is 60.5 Å². The average Bonchev–Trinajstić information content (AvgIpc) is 2.68. The Balaban J connectivity index is 1.52. The quantitative estimate of drug-likeness (QED) is 0.658. The summed E-state index contributed by atoms with van der Waals surface area (Å²) in [7, 11) is -3.60. The number of amides is 2. The molecular formula is C20H26N2O4S2. The fourth-order valence-electron chi connectivity index (χ4n) is 3.31. The molecule has 3 rings (SSSR count). The summed E-state index contributed by atoms with van der Waals surface area (Å²) in [4.78, 5) is 24.8. The molecule has 1 aliphatic heterocycles. The number of fused-ring (bicyclic) bond motifs is 1. The molecule has 6 nitrogen and oxygen atoms in total. The summed E-state index contributed by atoms with van der Waals surface area (Å²) >= 11 is 1.40. The number of carbonyl (C=O) groups excluding carboxylic acids is 2. The Hall–Kier alpha value is -1.80. The van der Waals surface area contributed by atoms with Gasteiger partial charge in [0.25, 0.3) is 0 Å². The Kier molecular flexibility index (Phi) is 6.82. The summed E-state index contributed by atoms with van der Waals surface area (Å²) in [6.07, 6.45) is 7.65. The molecule has 0 bridgehead atoms. The van der Waals surface area contributed by atoms with E-state index in [-0.39, 0.29) is 34.1 Å². The molecule has 0 radical (unpaired) electrons. The van der Waals surface area contributed by atoms with Gasteiger partial charge in [0, 0.05) is 17.9 Å². The van der Waals surface area contributed by atoms with Crippen LogP contribution in [0.25, 0.3) is 0 Å². The van der Waals surface area contributed by atoms with E-state index >= 15 is 0 Å². The number of sulfone groups is 1. The first-order chi connectivity index (χ1) is 13.3.